The lowest BCUT2D eigenvalue weighted by molar-refractivity contribution is -0.123. The molecule has 1 aromatic carbocycles. The van der Waals surface area contributed by atoms with Crippen LogP contribution in [0.1, 0.15) is 18.0 Å². The predicted molar refractivity (Wildman–Crippen MR) is 133 cm³/mol. The topological polar surface area (TPSA) is 75.6 Å². The van der Waals surface area contributed by atoms with E-state index in [2.05, 4.69) is 10.6 Å². The van der Waals surface area contributed by atoms with Crippen molar-refractivity contribution in [3.8, 4) is 5.75 Å². The smallest absolute Gasteiger partial charge is 0.259 e. The first-order valence-electron chi connectivity index (χ1n) is 10.6. The quantitative estimate of drug-likeness (QED) is 0.340. The van der Waals surface area contributed by atoms with Crippen molar-refractivity contribution in [2.24, 2.45) is 5.92 Å². The summed E-state index contributed by atoms with van der Waals surface area (Å²) in [5.74, 6) is -0.255. The Morgan fingerprint density at radius 2 is 1.88 bits per heavy atom. The number of thiocarbonyl (C=S) groups is 1. The molecule has 1 aromatic heterocycles. The zero-order valence-electron chi connectivity index (χ0n) is 17.8. The summed E-state index contributed by atoms with van der Waals surface area (Å²) >= 11 is 23.9. The Labute approximate surface area is 216 Å². The molecular weight excluding hydrogens is 526 g/mol. The average Bonchev–Trinajstić information content (AvgIpc) is 2.78. The predicted octanol–water partition coefficient (Wildman–Crippen LogP) is 3.17. The van der Waals surface area contributed by atoms with Crippen LogP contribution >= 0.6 is 47.0 Å². The maximum atomic E-state index is 13.0. The first-order chi connectivity index (χ1) is 16.1. The van der Waals surface area contributed by atoms with E-state index in [1.807, 2.05) is 15.5 Å². The van der Waals surface area contributed by atoms with E-state index in [0.29, 0.717) is 30.5 Å². The summed E-state index contributed by atoms with van der Waals surface area (Å²) < 4.78 is 18.3. The summed E-state index contributed by atoms with van der Waals surface area (Å²) in [6, 6.07) is 10.6. The number of fused-ring (bicyclic) bond motifs is 4. The van der Waals surface area contributed by atoms with Crippen molar-refractivity contribution in [2.45, 2.75) is 28.8 Å². The van der Waals surface area contributed by atoms with Crippen LogP contribution < -0.4 is 20.9 Å². The number of likely N-dealkylation sites (tertiary alicyclic amines) is 1. The van der Waals surface area contributed by atoms with Crippen LogP contribution in [0.15, 0.2) is 47.3 Å². The van der Waals surface area contributed by atoms with Gasteiger partial charge in [0, 0.05) is 37.3 Å². The molecule has 182 valence electrons. The second-order valence-electron chi connectivity index (χ2n) is 8.34. The van der Waals surface area contributed by atoms with Crippen LogP contribution in [0, 0.1) is 11.7 Å². The fourth-order valence-electron chi connectivity index (χ4n) is 4.36. The Morgan fingerprint density at radius 3 is 2.59 bits per heavy atom. The molecule has 0 radical (unpaired) electrons. The monoisotopic (exact) mass is 546 g/mol. The van der Waals surface area contributed by atoms with Crippen molar-refractivity contribution < 1.29 is 13.9 Å². The van der Waals surface area contributed by atoms with Crippen LogP contribution in [0.25, 0.3) is 0 Å². The molecule has 0 unspecified atom stereocenters. The Morgan fingerprint density at radius 1 is 1.15 bits per heavy atom. The van der Waals surface area contributed by atoms with Gasteiger partial charge in [-0.15, -0.1) is 0 Å². The Hall–Kier alpha value is -2.07. The maximum absolute atomic E-state index is 13.0. The van der Waals surface area contributed by atoms with Crippen molar-refractivity contribution in [3.63, 3.8) is 0 Å². The zero-order chi connectivity index (χ0) is 24.5. The van der Waals surface area contributed by atoms with Crippen molar-refractivity contribution in [1.82, 2.24) is 20.1 Å². The Kier molecular flexibility index (Phi) is 7.57. The number of ether oxygens (including phenoxy) is 1. The lowest BCUT2D eigenvalue weighted by atomic mass is 9.83. The molecule has 12 heteroatoms. The lowest BCUT2D eigenvalue weighted by Crippen LogP contribution is -2.60. The van der Waals surface area contributed by atoms with Gasteiger partial charge in [-0.1, -0.05) is 40.9 Å². The fourth-order valence-corrected chi connectivity index (χ4v) is 4.95. The molecule has 2 aliphatic rings. The highest BCUT2D eigenvalue weighted by Crippen LogP contribution is 2.35. The molecule has 3 atom stereocenters. The first-order valence-corrected chi connectivity index (χ1v) is 12.1. The first kappa shape index (κ1) is 25.0. The van der Waals surface area contributed by atoms with Gasteiger partial charge in [-0.25, -0.2) is 4.39 Å². The number of alkyl halides is 3. The van der Waals surface area contributed by atoms with Crippen molar-refractivity contribution in [3.05, 3.63) is 64.3 Å². The van der Waals surface area contributed by atoms with Gasteiger partial charge in [0.15, 0.2) is 11.7 Å². The number of aromatic nitrogens is 1. The van der Waals surface area contributed by atoms with Crippen molar-refractivity contribution >= 4 is 58.0 Å². The Balaban J connectivity index is 1.38. The molecule has 2 N–H and O–H groups in total. The second-order valence-corrected chi connectivity index (χ2v) is 11.1. The third-order valence-electron chi connectivity index (χ3n) is 5.85. The highest BCUT2D eigenvalue weighted by molar-refractivity contribution is 7.80. The van der Waals surface area contributed by atoms with Crippen LogP contribution in [0.4, 0.5) is 4.39 Å². The number of nitrogens with one attached hydrogen (secondary N) is 2. The molecule has 7 nitrogen and oxygen atoms in total. The molecule has 2 bridgehead atoms. The summed E-state index contributed by atoms with van der Waals surface area (Å²) in [4.78, 5) is 26.6. The number of pyridine rings is 1. The van der Waals surface area contributed by atoms with Gasteiger partial charge in [0.25, 0.3) is 11.5 Å². The number of amides is 1. The fraction of sp³-hybridized carbons (Fsp3) is 0.409. The van der Waals surface area contributed by atoms with Crippen LogP contribution in [0.2, 0.25) is 0 Å². The highest BCUT2D eigenvalue weighted by atomic mass is 35.6. The van der Waals surface area contributed by atoms with E-state index in [1.165, 1.54) is 24.3 Å². The van der Waals surface area contributed by atoms with Gasteiger partial charge in [0.2, 0.25) is 3.79 Å². The number of rotatable bonds is 5. The van der Waals surface area contributed by atoms with E-state index >= 15 is 0 Å². The van der Waals surface area contributed by atoms with E-state index < -0.39 is 21.7 Å². The summed E-state index contributed by atoms with van der Waals surface area (Å²) in [5.41, 5.74) is 0.989. The van der Waals surface area contributed by atoms with Gasteiger partial charge >= 0.3 is 0 Å². The molecule has 3 heterocycles. The minimum absolute atomic E-state index is 0.00295. The van der Waals surface area contributed by atoms with E-state index in [4.69, 9.17) is 51.8 Å². The van der Waals surface area contributed by atoms with Crippen LogP contribution in [-0.4, -0.2) is 50.1 Å². The number of hydrogen-bond donors (Lipinski definition) is 2. The molecule has 34 heavy (non-hydrogen) atoms. The molecule has 2 aliphatic heterocycles. The third-order valence-corrected chi connectivity index (χ3v) is 6.88. The van der Waals surface area contributed by atoms with Gasteiger partial charge in [-0.2, -0.15) is 0 Å². The van der Waals surface area contributed by atoms with Gasteiger partial charge in [0.1, 0.15) is 17.7 Å². The molecule has 0 saturated carbocycles. The molecule has 2 aromatic rings. The van der Waals surface area contributed by atoms with Crippen molar-refractivity contribution in [1.29, 1.82) is 0 Å². The normalized spacial score (nSPS) is 20.2. The summed E-state index contributed by atoms with van der Waals surface area (Å²) in [6.07, 6.45) is -0.153. The van der Waals surface area contributed by atoms with Crippen LogP contribution in [0.5, 0.6) is 5.75 Å². The van der Waals surface area contributed by atoms with Crippen LogP contribution in [-0.2, 0) is 11.3 Å². The van der Waals surface area contributed by atoms with Crippen molar-refractivity contribution in [2.75, 3.05) is 19.7 Å². The summed E-state index contributed by atoms with van der Waals surface area (Å²) in [7, 11) is 0. The highest BCUT2D eigenvalue weighted by Gasteiger charge is 2.38. The number of piperidine rings is 1. The van der Waals surface area contributed by atoms with E-state index in [0.717, 1.165) is 12.1 Å². The number of nitrogens with zero attached hydrogens (tertiary/aromatic N) is 2. The van der Waals surface area contributed by atoms with E-state index in [1.54, 1.807) is 12.1 Å². The second kappa shape index (κ2) is 10.3. The van der Waals surface area contributed by atoms with Gasteiger partial charge in [0.05, 0.1) is 0 Å². The van der Waals surface area contributed by atoms with Gasteiger partial charge < -0.3 is 24.8 Å². The Bertz CT molecular complexity index is 1130. The number of benzene rings is 1. The minimum atomic E-state index is -1.90. The maximum Gasteiger partial charge on any atom is 0.259 e. The SMILES string of the molecule is O=C(COc1ccc(F)cc1)N[C@H](NC(=S)N1C[C@@H]2C[C@H](C1)c1cccc(=O)n1C2)C(Cl)(Cl)Cl. The molecule has 0 spiro atoms. The summed E-state index contributed by atoms with van der Waals surface area (Å²) in [5, 5.41) is 5.85. The lowest BCUT2D eigenvalue weighted by Gasteiger charge is -2.44. The standard InChI is InChI=1S/C22H22Cl3FN4O3S/c23-22(24,25)20(27-18(31)12-33-16-6-4-15(26)5-7-16)28-21(34)29-9-13-8-14(11-29)17-2-1-3-19(32)30(17)10-13/h1-7,13-14,20H,8-12H2,(H,27,31)(H,28,34)/t13-,14+,20+/m0/s1. The van der Waals surface area contributed by atoms with Gasteiger partial charge in [-0.3, -0.25) is 9.59 Å². The largest absolute Gasteiger partial charge is 0.484 e. The van der Waals surface area contributed by atoms with E-state index in [-0.39, 0.29) is 24.0 Å². The molecule has 0 aliphatic carbocycles. The average molecular weight is 548 g/mol. The molecule has 1 fully saturated rings. The van der Waals surface area contributed by atoms with Crippen LogP contribution in [0.3, 0.4) is 0 Å². The number of carbonyl (C=O) groups excluding carboxylic acids is 1. The number of halogens is 4. The number of carbonyl (C=O) groups is 1. The summed E-state index contributed by atoms with van der Waals surface area (Å²) in [6.45, 7) is 1.49. The zero-order valence-corrected chi connectivity index (χ0v) is 20.9. The molecule has 1 amide bonds. The molecule has 4 rings (SSSR count). The van der Waals surface area contributed by atoms with E-state index in [9.17, 15) is 14.0 Å². The van der Waals surface area contributed by atoms with Gasteiger partial charge in [-0.05, 0) is 54.9 Å². The molecular formula is C22H22Cl3FN4O3S. The number of hydrogen-bond acceptors (Lipinski definition) is 4. The minimum Gasteiger partial charge on any atom is -0.484 e. The molecule has 1 saturated heterocycles. The third kappa shape index (κ3) is 5.94.